The molecule has 2 aromatic carbocycles. The van der Waals surface area contributed by atoms with E-state index < -0.39 is 0 Å². The number of nitrogens with one attached hydrogen (secondary N) is 1. The molecular weight excluding hydrogens is 339 g/mol. The summed E-state index contributed by atoms with van der Waals surface area (Å²) in [5.74, 6) is -0.0322. The standard InChI is InChI=1S/C19H19FN2O2S/c20-15-5-3-14(4-6-15)19-22-17(12-25-19)10-21-16(11-23)9-13-1-7-18(24)8-2-13/h1-8,12,16,21,23-24H,9-11H2/t16-/m0/s1. The third kappa shape index (κ3) is 4.85. The first-order chi connectivity index (χ1) is 12.1. The van der Waals surface area contributed by atoms with Gasteiger partial charge in [0.1, 0.15) is 16.6 Å². The molecule has 4 nitrogen and oxygen atoms in total. The molecule has 0 aliphatic rings. The summed E-state index contributed by atoms with van der Waals surface area (Å²) in [6.45, 7) is 0.552. The molecule has 3 aromatic rings. The lowest BCUT2D eigenvalue weighted by Gasteiger charge is -2.15. The highest BCUT2D eigenvalue weighted by Gasteiger charge is 2.10. The van der Waals surface area contributed by atoms with Crippen LogP contribution in [0.5, 0.6) is 5.75 Å². The number of benzene rings is 2. The summed E-state index contributed by atoms with van der Waals surface area (Å²) in [7, 11) is 0. The lowest BCUT2D eigenvalue weighted by atomic mass is 10.1. The molecule has 0 saturated heterocycles. The van der Waals surface area contributed by atoms with Gasteiger partial charge in [0.05, 0.1) is 12.3 Å². The average Bonchev–Trinajstić information content (AvgIpc) is 3.10. The highest BCUT2D eigenvalue weighted by Crippen LogP contribution is 2.24. The number of aliphatic hydroxyl groups excluding tert-OH is 1. The lowest BCUT2D eigenvalue weighted by molar-refractivity contribution is 0.240. The Bertz CT molecular complexity index is 803. The Hall–Kier alpha value is -2.28. The Morgan fingerprint density at radius 3 is 2.48 bits per heavy atom. The van der Waals surface area contributed by atoms with Crippen LogP contribution < -0.4 is 5.32 Å². The largest absolute Gasteiger partial charge is 0.508 e. The van der Waals surface area contributed by atoms with Gasteiger partial charge in [-0.15, -0.1) is 11.3 Å². The summed E-state index contributed by atoms with van der Waals surface area (Å²) in [5.41, 5.74) is 2.81. The van der Waals surface area contributed by atoms with Crippen molar-refractivity contribution in [2.75, 3.05) is 6.61 Å². The van der Waals surface area contributed by atoms with Gasteiger partial charge in [-0.25, -0.2) is 9.37 Å². The molecule has 0 unspecified atom stereocenters. The van der Waals surface area contributed by atoms with Crippen molar-refractivity contribution in [3.8, 4) is 16.3 Å². The van der Waals surface area contributed by atoms with Crippen LogP contribution in [0.15, 0.2) is 53.9 Å². The quantitative estimate of drug-likeness (QED) is 0.606. The number of nitrogens with zero attached hydrogens (tertiary/aromatic N) is 1. The van der Waals surface area contributed by atoms with Gasteiger partial charge in [-0.2, -0.15) is 0 Å². The van der Waals surface area contributed by atoms with Gasteiger partial charge in [0.25, 0.3) is 0 Å². The fourth-order valence-corrected chi connectivity index (χ4v) is 3.31. The maximum atomic E-state index is 13.0. The number of aliphatic hydroxyl groups is 1. The Morgan fingerprint density at radius 1 is 1.08 bits per heavy atom. The van der Waals surface area contributed by atoms with Crippen LogP contribution in [0.25, 0.3) is 10.6 Å². The Morgan fingerprint density at radius 2 is 1.80 bits per heavy atom. The van der Waals surface area contributed by atoms with Gasteiger partial charge in [-0.05, 0) is 48.4 Å². The summed E-state index contributed by atoms with van der Waals surface area (Å²) in [6.07, 6.45) is 0.658. The van der Waals surface area contributed by atoms with Gasteiger partial charge in [0.2, 0.25) is 0 Å². The third-order valence-corrected chi connectivity index (χ3v) is 4.79. The molecule has 0 bridgehead atoms. The zero-order chi connectivity index (χ0) is 17.6. The topological polar surface area (TPSA) is 65.4 Å². The molecule has 25 heavy (non-hydrogen) atoms. The molecule has 1 aromatic heterocycles. The maximum absolute atomic E-state index is 13.0. The van der Waals surface area contributed by atoms with E-state index in [4.69, 9.17) is 0 Å². The number of aromatic nitrogens is 1. The summed E-state index contributed by atoms with van der Waals surface area (Å²) in [4.78, 5) is 4.55. The molecule has 6 heteroatoms. The van der Waals surface area contributed by atoms with Crippen molar-refractivity contribution in [2.24, 2.45) is 0 Å². The zero-order valence-electron chi connectivity index (χ0n) is 13.5. The molecule has 1 atom stereocenters. The Kier molecular flexibility index (Phi) is 5.75. The second-order valence-corrected chi connectivity index (χ2v) is 6.64. The molecule has 0 aliphatic heterocycles. The highest BCUT2D eigenvalue weighted by atomic mass is 32.1. The van der Waals surface area contributed by atoms with E-state index in [1.165, 1.54) is 23.5 Å². The zero-order valence-corrected chi connectivity index (χ0v) is 14.3. The molecule has 130 valence electrons. The van der Waals surface area contributed by atoms with E-state index in [0.717, 1.165) is 21.8 Å². The predicted molar refractivity (Wildman–Crippen MR) is 97.0 cm³/mol. The first kappa shape index (κ1) is 17.5. The van der Waals surface area contributed by atoms with Crippen LogP contribution in [0.1, 0.15) is 11.3 Å². The SMILES string of the molecule is OC[C@H](Cc1ccc(O)cc1)NCc1csc(-c2ccc(F)cc2)n1. The molecular formula is C19H19FN2O2S. The van der Waals surface area contributed by atoms with E-state index in [1.807, 2.05) is 17.5 Å². The van der Waals surface area contributed by atoms with Gasteiger partial charge in [0.15, 0.2) is 0 Å². The minimum atomic E-state index is -0.262. The Balaban J connectivity index is 1.58. The van der Waals surface area contributed by atoms with Crippen molar-refractivity contribution in [1.29, 1.82) is 0 Å². The third-order valence-electron chi connectivity index (χ3n) is 3.85. The monoisotopic (exact) mass is 358 g/mol. The van der Waals surface area contributed by atoms with Crippen LogP contribution in [0.2, 0.25) is 0 Å². The maximum Gasteiger partial charge on any atom is 0.123 e. The first-order valence-electron chi connectivity index (χ1n) is 7.96. The van der Waals surface area contributed by atoms with Crippen LogP contribution in [0, 0.1) is 5.82 Å². The van der Waals surface area contributed by atoms with Crippen molar-refractivity contribution in [3.63, 3.8) is 0 Å². The normalized spacial score (nSPS) is 12.2. The average molecular weight is 358 g/mol. The molecule has 0 spiro atoms. The van der Waals surface area contributed by atoms with Crippen LogP contribution in [-0.2, 0) is 13.0 Å². The van der Waals surface area contributed by atoms with Gasteiger partial charge in [0, 0.05) is 23.5 Å². The summed E-state index contributed by atoms with van der Waals surface area (Å²) in [5, 5.41) is 25.0. The van der Waals surface area contributed by atoms with E-state index in [1.54, 1.807) is 24.3 Å². The van der Waals surface area contributed by atoms with E-state index >= 15 is 0 Å². The van der Waals surface area contributed by atoms with Gasteiger partial charge in [-0.1, -0.05) is 12.1 Å². The number of hydrogen-bond acceptors (Lipinski definition) is 5. The fourth-order valence-electron chi connectivity index (χ4n) is 2.48. The van der Waals surface area contributed by atoms with Crippen molar-refractivity contribution >= 4 is 11.3 Å². The number of thiazole rings is 1. The first-order valence-corrected chi connectivity index (χ1v) is 8.84. The number of halogens is 1. The number of hydrogen-bond donors (Lipinski definition) is 3. The molecule has 0 aliphatic carbocycles. The smallest absolute Gasteiger partial charge is 0.123 e. The minimum Gasteiger partial charge on any atom is -0.508 e. The van der Waals surface area contributed by atoms with Gasteiger partial charge in [-0.3, -0.25) is 0 Å². The van der Waals surface area contributed by atoms with E-state index in [2.05, 4.69) is 10.3 Å². The molecule has 3 N–H and O–H groups in total. The minimum absolute atomic E-state index is 0.00975. The molecule has 0 radical (unpaired) electrons. The fraction of sp³-hybridized carbons (Fsp3) is 0.211. The predicted octanol–water partition coefficient (Wildman–Crippen LogP) is 3.35. The van der Waals surface area contributed by atoms with Crippen molar-refractivity contribution < 1.29 is 14.6 Å². The lowest BCUT2D eigenvalue weighted by Crippen LogP contribution is -2.34. The van der Waals surface area contributed by atoms with E-state index in [-0.39, 0.29) is 24.2 Å². The second kappa shape index (κ2) is 8.20. The number of rotatable bonds is 7. The molecule has 3 rings (SSSR count). The van der Waals surface area contributed by atoms with Crippen molar-refractivity contribution in [1.82, 2.24) is 10.3 Å². The van der Waals surface area contributed by atoms with Gasteiger partial charge < -0.3 is 15.5 Å². The van der Waals surface area contributed by atoms with Crippen LogP contribution in [0.3, 0.4) is 0 Å². The second-order valence-electron chi connectivity index (χ2n) is 5.78. The van der Waals surface area contributed by atoms with Crippen LogP contribution >= 0.6 is 11.3 Å². The van der Waals surface area contributed by atoms with Crippen LogP contribution in [-0.4, -0.2) is 27.8 Å². The number of phenolic OH excluding ortho intramolecular Hbond substituents is 1. The summed E-state index contributed by atoms with van der Waals surface area (Å²) >= 11 is 1.51. The summed E-state index contributed by atoms with van der Waals surface area (Å²) < 4.78 is 13.0. The van der Waals surface area contributed by atoms with E-state index in [0.29, 0.717) is 13.0 Å². The number of aromatic hydroxyl groups is 1. The van der Waals surface area contributed by atoms with Gasteiger partial charge >= 0.3 is 0 Å². The molecule has 0 saturated carbocycles. The highest BCUT2D eigenvalue weighted by molar-refractivity contribution is 7.13. The van der Waals surface area contributed by atoms with E-state index in [9.17, 15) is 14.6 Å². The number of phenols is 1. The molecule has 1 heterocycles. The summed E-state index contributed by atoms with van der Waals surface area (Å²) in [6, 6.07) is 13.1. The Labute approximate surface area is 149 Å². The molecule has 0 amide bonds. The molecule has 0 fully saturated rings. The van der Waals surface area contributed by atoms with Crippen molar-refractivity contribution in [2.45, 2.75) is 19.0 Å². The van der Waals surface area contributed by atoms with Crippen LogP contribution in [0.4, 0.5) is 4.39 Å². The van der Waals surface area contributed by atoms with Crippen molar-refractivity contribution in [3.05, 3.63) is 71.0 Å².